The number of halogens is 1. The van der Waals surface area contributed by atoms with Crippen LogP contribution in [0.5, 0.6) is 5.75 Å². The summed E-state index contributed by atoms with van der Waals surface area (Å²) >= 11 is 0. The Morgan fingerprint density at radius 2 is 2.13 bits per heavy atom. The van der Waals surface area contributed by atoms with E-state index in [1.165, 1.54) is 31.3 Å². The van der Waals surface area contributed by atoms with E-state index in [1.54, 1.807) is 0 Å². The number of hydrogen-bond acceptors (Lipinski definition) is 3. The molecule has 15 heavy (non-hydrogen) atoms. The van der Waals surface area contributed by atoms with Crippen LogP contribution in [0.1, 0.15) is 0 Å². The predicted octanol–water partition coefficient (Wildman–Crippen LogP) is 0.877. The molecule has 0 radical (unpaired) electrons. The van der Waals surface area contributed by atoms with E-state index >= 15 is 0 Å². The summed E-state index contributed by atoms with van der Waals surface area (Å²) in [7, 11) is 1.53. The average Bonchev–Trinajstić information content (AvgIpc) is 2.21. The fourth-order valence-electron chi connectivity index (χ4n) is 0.988. The van der Waals surface area contributed by atoms with Gasteiger partial charge in [-0.3, -0.25) is 4.79 Å². The van der Waals surface area contributed by atoms with Crippen LogP contribution in [-0.4, -0.2) is 30.8 Å². The van der Waals surface area contributed by atoms with Crippen molar-refractivity contribution in [2.45, 2.75) is 6.04 Å². The molecule has 0 saturated heterocycles. The van der Waals surface area contributed by atoms with Crippen LogP contribution in [0.2, 0.25) is 0 Å². The smallest absolute Gasteiger partial charge is 0.324 e. The first kappa shape index (κ1) is 11.5. The molecule has 0 heterocycles. The van der Waals surface area contributed by atoms with Crippen LogP contribution in [0.25, 0.3) is 0 Å². The molecule has 0 amide bonds. The Kier molecular flexibility index (Phi) is 4.05. The second-order valence-electron chi connectivity index (χ2n) is 2.94. The summed E-state index contributed by atoms with van der Waals surface area (Å²) in [6, 6.07) is 4.64. The van der Waals surface area contributed by atoms with E-state index in [4.69, 9.17) is 9.84 Å². The van der Waals surface area contributed by atoms with Crippen LogP contribution < -0.4 is 10.1 Å². The molecule has 0 spiro atoms. The minimum absolute atomic E-state index is 0.00251. The van der Waals surface area contributed by atoms with Crippen molar-refractivity contribution in [1.29, 1.82) is 0 Å². The lowest BCUT2D eigenvalue weighted by molar-refractivity contribution is -0.140. The van der Waals surface area contributed by atoms with Crippen molar-refractivity contribution in [3.05, 3.63) is 30.1 Å². The van der Waals surface area contributed by atoms with Crippen LogP contribution >= 0.6 is 0 Å². The lowest BCUT2D eigenvalue weighted by Gasteiger charge is -2.12. The van der Waals surface area contributed by atoms with E-state index in [-0.39, 0.29) is 12.4 Å². The largest absolute Gasteiger partial charge is 0.491 e. The predicted molar refractivity (Wildman–Crippen MR) is 52.4 cm³/mol. The van der Waals surface area contributed by atoms with Crippen molar-refractivity contribution in [3.8, 4) is 5.75 Å². The topological polar surface area (TPSA) is 58.6 Å². The minimum atomic E-state index is -0.986. The first-order valence-electron chi connectivity index (χ1n) is 4.42. The van der Waals surface area contributed by atoms with E-state index in [2.05, 4.69) is 5.32 Å². The zero-order valence-corrected chi connectivity index (χ0v) is 8.24. The Morgan fingerprint density at radius 3 is 2.60 bits per heavy atom. The molecule has 2 N–H and O–H groups in total. The molecule has 1 unspecified atom stereocenters. The molecule has 82 valence electrons. The second-order valence-corrected chi connectivity index (χ2v) is 2.94. The number of carbonyl (C=O) groups is 1. The third kappa shape index (κ3) is 3.55. The number of likely N-dealkylation sites (N-methyl/N-ethyl adjacent to an activating group) is 1. The van der Waals surface area contributed by atoms with Crippen molar-refractivity contribution in [2.24, 2.45) is 0 Å². The summed E-state index contributed by atoms with van der Waals surface area (Å²) in [5.41, 5.74) is 0. The summed E-state index contributed by atoms with van der Waals surface area (Å²) in [5.74, 6) is -0.900. The number of nitrogens with one attached hydrogen (secondary N) is 1. The van der Waals surface area contributed by atoms with Crippen LogP contribution in [-0.2, 0) is 4.79 Å². The molecule has 0 aliphatic carbocycles. The van der Waals surface area contributed by atoms with Crippen molar-refractivity contribution < 1.29 is 19.0 Å². The van der Waals surface area contributed by atoms with Crippen LogP contribution in [0.4, 0.5) is 4.39 Å². The number of aliphatic carboxylic acids is 1. The van der Waals surface area contributed by atoms with Gasteiger partial charge in [-0.1, -0.05) is 0 Å². The molecule has 4 nitrogen and oxygen atoms in total. The number of carboxylic acids is 1. The molecule has 0 aliphatic heterocycles. The van der Waals surface area contributed by atoms with Gasteiger partial charge in [0.05, 0.1) is 0 Å². The lowest BCUT2D eigenvalue weighted by Crippen LogP contribution is -2.39. The van der Waals surface area contributed by atoms with Gasteiger partial charge in [-0.15, -0.1) is 0 Å². The summed E-state index contributed by atoms with van der Waals surface area (Å²) in [4.78, 5) is 10.6. The molecule has 1 aromatic carbocycles. The lowest BCUT2D eigenvalue weighted by atomic mass is 10.3. The number of rotatable bonds is 5. The molecule has 1 aromatic rings. The monoisotopic (exact) mass is 213 g/mol. The van der Waals surface area contributed by atoms with Crippen LogP contribution in [0.15, 0.2) is 24.3 Å². The van der Waals surface area contributed by atoms with Gasteiger partial charge in [0.1, 0.15) is 24.2 Å². The quantitative estimate of drug-likeness (QED) is 0.762. The van der Waals surface area contributed by atoms with Gasteiger partial charge in [-0.05, 0) is 31.3 Å². The SMILES string of the molecule is CNC(COc1ccc(F)cc1)C(=O)O. The molecule has 1 atom stereocenters. The first-order valence-corrected chi connectivity index (χ1v) is 4.42. The highest BCUT2D eigenvalue weighted by molar-refractivity contribution is 5.73. The summed E-state index contributed by atoms with van der Waals surface area (Å²) in [6.07, 6.45) is 0. The Labute approximate surface area is 86.7 Å². The fraction of sp³-hybridized carbons (Fsp3) is 0.300. The highest BCUT2D eigenvalue weighted by atomic mass is 19.1. The van der Waals surface area contributed by atoms with Gasteiger partial charge in [-0.2, -0.15) is 0 Å². The molecule has 0 aromatic heterocycles. The van der Waals surface area contributed by atoms with Gasteiger partial charge in [0.25, 0.3) is 0 Å². The molecular weight excluding hydrogens is 201 g/mol. The van der Waals surface area contributed by atoms with Gasteiger partial charge in [-0.25, -0.2) is 4.39 Å². The van der Waals surface area contributed by atoms with Gasteiger partial charge in [0, 0.05) is 0 Å². The Bertz CT molecular complexity index is 326. The van der Waals surface area contributed by atoms with E-state index in [9.17, 15) is 9.18 Å². The summed E-state index contributed by atoms with van der Waals surface area (Å²) < 4.78 is 17.7. The number of hydrogen-bond donors (Lipinski definition) is 2. The van der Waals surface area contributed by atoms with Gasteiger partial charge < -0.3 is 15.2 Å². The van der Waals surface area contributed by atoms with Crippen molar-refractivity contribution in [3.63, 3.8) is 0 Å². The van der Waals surface area contributed by atoms with Gasteiger partial charge >= 0.3 is 5.97 Å². The molecule has 0 fully saturated rings. The number of ether oxygens (including phenoxy) is 1. The maximum Gasteiger partial charge on any atom is 0.324 e. The second kappa shape index (κ2) is 5.31. The standard InChI is InChI=1S/C10H12FNO3/c1-12-9(10(13)14)6-15-8-4-2-7(11)3-5-8/h2-5,9,12H,6H2,1H3,(H,13,14). The highest BCUT2D eigenvalue weighted by Crippen LogP contribution is 2.11. The van der Waals surface area contributed by atoms with E-state index in [0.717, 1.165) is 0 Å². The molecule has 0 saturated carbocycles. The Hall–Kier alpha value is -1.62. The molecular formula is C10H12FNO3. The number of carboxylic acid groups (broad SMARTS) is 1. The first-order chi connectivity index (χ1) is 7.13. The maximum atomic E-state index is 12.5. The molecule has 1 rings (SSSR count). The fourth-order valence-corrected chi connectivity index (χ4v) is 0.988. The minimum Gasteiger partial charge on any atom is -0.491 e. The Morgan fingerprint density at radius 1 is 1.53 bits per heavy atom. The summed E-state index contributed by atoms with van der Waals surface area (Å²) in [6.45, 7) is -0.00251. The zero-order chi connectivity index (χ0) is 11.3. The van der Waals surface area contributed by atoms with E-state index in [0.29, 0.717) is 5.75 Å². The Balaban J connectivity index is 2.49. The van der Waals surface area contributed by atoms with Crippen molar-refractivity contribution in [1.82, 2.24) is 5.32 Å². The van der Waals surface area contributed by atoms with Gasteiger partial charge in [0.15, 0.2) is 0 Å². The normalized spacial score (nSPS) is 12.1. The number of benzene rings is 1. The third-order valence-corrected chi connectivity index (χ3v) is 1.88. The van der Waals surface area contributed by atoms with Gasteiger partial charge in [0.2, 0.25) is 0 Å². The molecule has 5 heteroatoms. The highest BCUT2D eigenvalue weighted by Gasteiger charge is 2.15. The van der Waals surface area contributed by atoms with Crippen LogP contribution in [0, 0.1) is 5.82 Å². The van der Waals surface area contributed by atoms with Crippen molar-refractivity contribution >= 4 is 5.97 Å². The zero-order valence-electron chi connectivity index (χ0n) is 8.24. The van der Waals surface area contributed by atoms with Crippen LogP contribution in [0.3, 0.4) is 0 Å². The average molecular weight is 213 g/mol. The third-order valence-electron chi connectivity index (χ3n) is 1.88. The van der Waals surface area contributed by atoms with E-state index in [1.807, 2.05) is 0 Å². The molecule has 0 aliphatic rings. The maximum absolute atomic E-state index is 12.5. The summed E-state index contributed by atoms with van der Waals surface area (Å²) in [5, 5.41) is 11.3. The van der Waals surface area contributed by atoms with E-state index < -0.39 is 12.0 Å². The van der Waals surface area contributed by atoms with Crippen molar-refractivity contribution in [2.75, 3.05) is 13.7 Å². The molecule has 0 bridgehead atoms.